The summed E-state index contributed by atoms with van der Waals surface area (Å²) >= 11 is 0. The largest absolute Gasteiger partial charge is 0.497 e. The van der Waals surface area contributed by atoms with Crippen molar-refractivity contribution in [2.75, 3.05) is 14.2 Å². The average Bonchev–Trinajstić information content (AvgIpc) is 3.04. The van der Waals surface area contributed by atoms with Gasteiger partial charge in [-0.1, -0.05) is 29.1 Å². The lowest BCUT2D eigenvalue weighted by Gasteiger charge is -2.30. The van der Waals surface area contributed by atoms with Gasteiger partial charge in [0.2, 0.25) is 6.23 Å². The molecule has 0 spiro atoms. The summed E-state index contributed by atoms with van der Waals surface area (Å²) in [7, 11) is 7.18. The Morgan fingerprint density at radius 1 is 0.900 bits per heavy atom. The van der Waals surface area contributed by atoms with E-state index in [4.69, 9.17) is 14.2 Å². The highest BCUT2D eigenvalue weighted by Gasteiger charge is 2.33. The Bertz CT molecular complexity index is 1280. The van der Waals surface area contributed by atoms with Crippen LogP contribution >= 0.6 is 0 Å². The molecule has 1 aromatic heterocycles. The maximum Gasteiger partial charge on any atom is 0.203 e. The first-order chi connectivity index (χ1) is 14.5. The van der Waals surface area contributed by atoms with Crippen LogP contribution in [0, 0.1) is 5.82 Å². The third kappa shape index (κ3) is 2.76. The van der Waals surface area contributed by atoms with E-state index in [1.165, 1.54) is 0 Å². The quantitative estimate of drug-likeness (QED) is 0.494. The van der Waals surface area contributed by atoms with E-state index in [1.807, 2.05) is 74.9 Å². The lowest BCUT2D eigenvalue weighted by molar-refractivity contribution is 0.172. The molecule has 2 heterocycles. The molecule has 0 bridgehead atoms. The van der Waals surface area contributed by atoms with Gasteiger partial charge in [-0.2, -0.15) is 0 Å². The second-order valence-electron chi connectivity index (χ2n) is 7.67. The molecule has 0 fully saturated rings. The van der Waals surface area contributed by atoms with Crippen molar-refractivity contribution >= 4 is 37.5 Å². The molecule has 0 aliphatic carbocycles. The van der Waals surface area contributed by atoms with Crippen LogP contribution in [0.3, 0.4) is 0 Å². The Morgan fingerprint density at radius 2 is 1.57 bits per heavy atom. The van der Waals surface area contributed by atoms with Gasteiger partial charge in [-0.25, -0.2) is 4.39 Å². The fraction of sp³-hybridized carbons (Fsp3) is 0.130. The highest BCUT2D eigenvalue weighted by atomic mass is 19.1. The topological polar surface area (TPSA) is 32.6 Å². The predicted molar refractivity (Wildman–Crippen MR) is 122 cm³/mol. The summed E-state index contributed by atoms with van der Waals surface area (Å²) in [4.78, 5) is 0. The summed E-state index contributed by atoms with van der Waals surface area (Å²) in [6.45, 7) is 0. The maximum absolute atomic E-state index is 15.7. The summed E-state index contributed by atoms with van der Waals surface area (Å²) in [5, 5.41) is 0.585. The maximum atomic E-state index is 15.7. The minimum atomic E-state index is -0.562. The zero-order chi connectivity index (χ0) is 21.0. The Kier molecular flexibility index (Phi) is 4.28. The number of nitrogens with zero attached hydrogens (tertiary/aromatic N) is 1. The van der Waals surface area contributed by atoms with E-state index in [9.17, 15) is 0 Å². The second kappa shape index (κ2) is 6.87. The fourth-order valence-electron chi connectivity index (χ4n) is 4.17. The van der Waals surface area contributed by atoms with E-state index in [0.717, 1.165) is 27.6 Å². The smallest absolute Gasteiger partial charge is 0.203 e. The van der Waals surface area contributed by atoms with Crippen molar-refractivity contribution in [3.63, 3.8) is 0 Å². The van der Waals surface area contributed by atoms with Crippen LogP contribution in [0.15, 0.2) is 54.6 Å². The number of aromatic nitrogens is 1. The van der Waals surface area contributed by atoms with Crippen molar-refractivity contribution in [2.24, 2.45) is 0 Å². The summed E-state index contributed by atoms with van der Waals surface area (Å²) in [5.41, 5.74) is 4.94. The molecule has 5 rings (SSSR count). The molecule has 4 nitrogen and oxygen atoms in total. The number of ether oxygens (including phenoxy) is 3. The molecule has 0 radical (unpaired) electrons. The molecule has 4 aromatic rings. The molecule has 1 atom stereocenters. The third-order valence-corrected chi connectivity index (χ3v) is 5.62. The number of halogens is 1. The van der Waals surface area contributed by atoms with Gasteiger partial charge in [0.15, 0.2) is 5.82 Å². The van der Waals surface area contributed by atoms with Crippen LogP contribution in [-0.4, -0.2) is 34.5 Å². The number of fused-ring (bicyclic) bond motifs is 5. The summed E-state index contributed by atoms with van der Waals surface area (Å²) in [5.74, 6) is 1.73. The van der Waals surface area contributed by atoms with Crippen LogP contribution in [0.4, 0.5) is 4.39 Å². The highest BCUT2D eigenvalue weighted by Crippen LogP contribution is 2.46. The van der Waals surface area contributed by atoms with Gasteiger partial charge in [-0.3, -0.25) is 4.57 Å². The Morgan fingerprint density at radius 3 is 2.27 bits per heavy atom. The number of benzene rings is 3. The van der Waals surface area contributed by atoms with Crippen LogP contribution in [0.5, 0.6) is 17.2 Å². The molecule has 1 aliphatic rings. The van der Waals surface area contributed by atoms with Crippen LogP contribution in [0.1, 0.15) is 11.8 Å². The van der Waals surface area contributed by atoms with Gasteiger partial charge in [0, 0.05) is 22.6 Å². The normalized spacial score (nSPS) is 14.7. The first kappa shape index (κ1) is 18.7. The van der Waals surface area contributed by atoms with Crippen molar-refractivity contribution in [1.29, 1.82) is 0 Å². The predicted octanol–water partition coefficient (Wildman–Crippen LogP) is 1.92. The first-order valence-electron chi connectivity index (χ1n) is 9.81. The third-order valence-electron chi connectivity index (χ3n) is 5.62. The standard InChI is InChI=1S/C23H20B2FNO3/c1-28-15-7-12(8-16(11-15)29-2)23-27-19-6-4-13(24)9-18(19)21(26)22(27)17-5-3-14(25)10-20(17)30-23/h3-11,23H,24-25H2,1-2H3. The van der Waals surface area contributed by atoms with Crippen molar-refractivity contribution < 1.29 is 18.6 Å². The van der Waals surface area contributed by atoms with Crippen molar-refractivity contribution in [3.8, 4) is 28.5 Å². The van der Waals surface area contributed by atoms with Crippen LogP contribution in [0.25, 0.3) is 22.2 Å². The lowest BCUT2D eigenvalue weighted by Crippen LogP contribution is -2.23. The van der Waals surface area contributed by atoms with E-state index in [0.29, 0.717) is 28.3 Å². The number of hydrogen-bond acceptors (Lipinski definition) is 3. The molecule has 0 saturated carbocycles. The molecular formula is C23H20B2FNO3. The Hall–Kier alpha value is -3.34. The Balaban J connectivity index is 1.84. The van der Waals surface area contributed by atoms with Gasteiger partial charge in [-0.05, 0) is 30.3 Å². The molecule has 148 valence electrons. The molecule has 30 heavy (non-hydrogen) atoms. The van der Waals surface area contributed by atoms with E-state index in [-0.39, 0.29) is 5.82 Å². The van der Waals surface area contributed by atoms with Crippen molar-refractivity contribution in [1.82, 2.24) is 4.57 Å². The monoisotopic (exact) mass is 399 g/mol. The van der Waals surface area contributed by atoms with Crippen molar-refractivity contribution in [3.05, 3.63) is 66.0 Å². The van der Waals surface area contributed by atoms with Gasteiger partial charge in [0.25, 0.3) is 0 Å². The minimum Gasteiger partial charge on any atom is -0.497 e. The number of hydrogen-bond donors (Lipinski definition) is 0. The van der Waals surface area contributed by atoms with Crippen LogP contribution in [0.2, 0.25) is 0 Å². The Labute approximate surface area is 176 Å². The average molecular weight is 399 g/mol. The summed E-state index contributed by atoms with van der Waals surface area (Å²) in [6, 6.07) is 17.3. The van der Waals surface area contributed by atoms with Gasteiger partial charge in [0.05, 0.1) is 25.4 Å². The van der Waals surface area contributed by atoms with E-state index >= 15 is 4.39 Å². The van der Waals surface area contributed by atoms with E-state index < -0.39 is 6.23 Å². The summed E-state index contributed by atoms with van der Waals surface area (Å²) in [6.07, 6.45) is -0.562. The number of rotatable bonds is 3. The van der Waals surface area contributed by atoms with Gasteiger partial charge in [0.1, 0.15) is 32.9 Å². The molecule has 0 amide bonds. The van der Waals surface area contributed by atoms with Gasteiger partial charge in [-0.15, -0.1) is 0 Å². The minimum absolute atomic E-state index is 0.234. The molecule has 3 aromatic carbocycles. The van der Waals surface area contributed by atoms with Crippen molar-refractivity contribution in [2.45, 2.75) is 6.23 Å². The zero-order valence-corrected chi connectivity index (χ0v) is 17.3. The molecule has 0 N–H and O–H groups in total. The van der Waals surface area contributed by atoms with E-state index in [2.05, 4.69) is 0 Å². The lowest BCUT2D eigenvalue weighted by atomic mass is 9.93. The van der Waals surface area contributed by atoms with E-state index in [1.54, 1.807) is 14.2 Å². The molecule has 7 heteroatoms. The second-order valence-corrected chi connectivity index (χ2v) is 7.67. The number of methoxy groups -OCH3 is 2. The fourth-order valence-corrected chi connectivity index (χ4v) is 4.17. The highest BCUT2D eigenvalue weighted by molar-refractivity contribution is 6.33. The van der Waals surface area contributed by atoms with Gasteiger partial charge < -0.3 is 14.2 Å². The van der Waals surface area contributed by atoms with Crippen LogP contribution < -0.4 is 25.1 Å². The zero-order valence-electron chi connectivity index (χ0n) is 17.3. The molecule has 1 unspecified atom stereocenters. The molecule has 1 aliphatic heterocycles. The van der Waals surface area contributed by atoms with Gasteiger partial charge >= 0.3 is 0 Å². The molecular weight excluding hydrogens is 379 g/mol. The molecule has 0 saturated heterocycles. The first-order valence-corrected chi connectivity index (χ1v) is 9.81. The van der Waals surface area contributed by atoms with Crippen LogP contribution in [-0.2, 0) is 0 Å². The SMILES string of the molecule is Bc1ccc2c(c1)OC(c1cc(OC)cc(OC)c1)n1c-2c(F)c2cc(B)ccc21. The summed E-state index contributed by atoms with van der Waals surface area (Å²) < 4.78 is 35.0.